The summed E-state index contributed by atoms with van der Waals surface area (Å²) < 4.78 is 0. The molecule has 1 aromatic rings. The Bertz CT molecular complexity index is 603. The zero-order chi connectivity index (χ0) is 18.0. The van der Waals surface area contributed by atoms with Crippen LogP contribution in [-0.4, -0.2) is 66.5 Å². The van der Waals surface area contributed by atoms with Crippen LogP contribution in [0.3, 0.4) is 0 Å². The molecule has 4 rings (SSSR count). The molecule has 3 fully saturated rings. The van der Waals surface area contributed by atoms with E-state index in [1.165, 1.54) is 37.9 Å². The van der Waals surface area contributed by atoms with Crippen LogP contribution in [0.1, 0.15) is 50.5 Å². The van der Waals surface area contributed by atoms with Gasteiger partial charge in [0.15, 0.2) is 0 Å². The largest absolute Gasteiger partial charge is 0.325 e. The van der Waals surface area contributed by atoms with Gasteiger partial charge in [0.2, 0.25) is 0 Å². The highest BCUT2D eigenvalue weighted by Gasteiger charge is 2.43. The van der Waals surface area contributed by atoms with Crippen molar-refractivity contribution in [3.63, 3.8) is 0 Å². The average Bonchev–Trinajstić information content (AvgIpc) is 3.23. The van der Waals surface area contributed by atoms with Gasteiger partial charge in [-0.15, -0.1) is 0 Å². The van der Waals surface area contributed by atoms with Crippen LogP contribution in [0.15, 0.2) is 30.3 Å². The summed E-state index contributed by atoms with van der Waals surface area (Å²) in [4.78, 5) is 19.5. The van der Waals surface area contributed by atoms with Crippen LogP contribution in [0.4, 0.5) is 4.79 Å². The molecule has 1 atom stereocenters. The van der Waals surface area contributed by atoms with E-state index in [1.54, 1.807) is 0 Å². The van der Waals surface area contributed by atoms with Gasteiger partial charge < -0.3 is 14.7 Å². The van der Waals surface area contributed by atoms with Crippen molar-refractivity contribution in [3.8, 4) is 0 Å². The number of rotatable bonds is 2. The Morgan fingerprint density at radius 3 is 2.35 bits per heavy atom. The fourth-order valence-electron chi connectivity index (χ4n) is 5.33. The van der Waals surface area contributed by atoms with E-state index < -0.39 is 0 Å². The van der Waals surface area contributed by atoms with Crippen molar-refractivity contribution in [2.24, 2.45) is 5.41 Å². The van der Waals surface area contributed by atoms with Gasteiger partial charge in [-0.3, -0.25) is 0 Å². The van der Waals surface area contributed by atoms with Crippen molar-refractivity contribution < 1.29 is 4.79 Å². The summed E-state index contributed by atoms with van der Waals surface area (Å²) in [6.45, 7) is 9.59. The molecule has 0 saturated carbocycles. The van der Waals surface area contributed by atoms with Gasteiger partial charge in [-0.05, 0) is 55.5 Å². The van der Waals surface area contributed by atoms with Crippen molar-refractivity contribution >= 4 is 6.03 Å². The maximum absolute atomic E-state index is 12.7. The van der Waals surface area contributed by atoms with Crippen LogP contribution < -0.4 is 0 Å². The molecule has 1 spiro atoms. The summed E-state index contributed by atoms with van der Waals surface area (Å²) >= 11 is 0. The third-order valence-corrected chi connectivity index (χ3v) is 6.91. The smallest absolute Gasteiger partial charge is 0.319 e. The van der Waals surface area contributed by atoms with Gasteiger partial charge in [0, 0.05) is 39.3 Å². The second-order valence-corrected chi connectivity index (χ2v) is 8.60. The number of amides is 2. The maximum Gasteiger partial charge on any atom is 0.319 e. The minimum Gasteiger partial charge on any atom is -0.325 e. The number of carbonyl (C=O) groups is 1. The maximum atomic E-state index is 12.7. The van der Waals surface area contributed by atoms with Crippen molar-refractivity contribution in [3.05, 3.63) is 35.9 Å². The second-order valence-electron chi connectivity index (χ2n) is 8.60. The van der Waals surface area contributed by atoms with Gasteiger partial charge >= 0.3 is 6.03 Å². The van der Waals surface area contributed by atoms with Crippen molar-refractivity contribution in [1.82, 2.24) is 14.7 Å². The standard InChI is InChI=1S/C22H33N3O/c1-2-23-17-20(19-8-4-3-5-9-19)16-22(18-23)10-14-25(15-11-22)21(26)24-12-6-7-13-24/h3-5,8-9,20H,2,6-7,10-18H2,1H3/t20-/m1/s1. The number of likely N-dealkylation sites (tertiary alicyclic amines) is 3. The summed E-state index contributed by atoms with van der Waals surface area (Å²) in [5.74, 6) is 0.630. The lowest BCUT2D eigenvalue weighted by atomic mass is 9.68. The highest BCUT2D eigenvalue weighted by Crippen LogP contribution is 2.45. The number of hydrogen-bond acceptors (Lipinski definition) is 2. The van der Waals surface area contributed by atoms with Gasteiger partial charge in [0.25, 0.3) is 0 Å². The Hall–Kier alpha value is -1.55. The Morgan fingerprint density at radius 1 is 1.04 bits per heavy atom. The Labute approximate surface area is 158 Å². The van der Waals surface area contributed by atoms with E-state index in [2.05, 4.69) is 52.0 Å². The number of nitrogens with zero attached hydrogens (tertiary/aromatic N) is 3. The third kappa shape index (κ3) is 3.62. The quantitative estimate of drug-likeness (QED) is 0.807. The summed E-state index contributed by atoms with van der Waals surface area (Å²) in [7, 11) is 0. The number of benzene rings is 1. The Balaban J connectivity index is 1.43. The van der Waals surface area contributed by atoms with Gasteiger partial charge in [-0.25, -0.2) is 4.79 Å². The molecule has 4 heteroatoms. The first-order chi connectivity index (χ1) is 12.7. The molecule has 4 nitrogen and oxygen atoms in total. The molecular formula is C22H33N3O. The molecule has 2 amide bonds. The van der Waals surface area contributed by atoms with Crippen LogP contribution in [0.25, 0.3) is 0 Å². The summed E-state index contributed by atoms with van der Waals surface area (Å²) in [5, 5.41) is 0. The minimum absolute atomic E-state index is 0.292. The fourth-order valence-corrected chi connectivity index (χ4v) is 5.33. The first-order valence-electron chi connectivity index (χ1n) is 10.5. The molecule has 0 N–H and O–H groups in total. The van der Waals surface area contributed by atoms with Crippen LogP contribution >= 0.6 is 0 Å². The van der Waals surface area contributed by atoms with Crippen molar-refractivity contribution in [2.45, 2.75) is 44.9 Å². The van der Waals surface area contributed by atoms with E-state index in [1.807, 2.05) is 0 Å². The predicted molar refractivity (Wildman–Crippen MR) is 105 cm³/mol. The van der Waals surface area contributed by atoms with E-state index in [0.717, 1.165) is 45.6 Å². The van der Waals surface area contributed by atoms with Gasteiger partial charge in [-0.1, -0.05) is 37.3 Å². The lowest BCUT2D eigenvalue weighted by Gasteiger charge is -2.50. The van der Waals surface area contributed by atoms with Crippen LogP contribution in [0, 0.1) is 5.41 Å². The monoisotopic (exact) mass is 355 g/mol. The van der Waals surface area contributed by atoms with Crippen LogP contribution in [0.5, 0.6) is 0 Å². The molecule has 0 aromatic heterocycles. The first kappa shape index (κ1) is 17.8. The second kappa shape index (κ2) is 7.59. The van der Waals surface area contributed by atoms with Gasteiger partial charge in [0.1, 0.15) is 0 Å². The molecule has 3 heterocycles. The number of hydrogen-bond donors (Lipinski definition) is 0. The minimum atomic E-state index is 0.292. The zero-order valence-corrected chi connectivity index (χ0v) is 16.2. The topological polar surface area (TPSA) is 26.8 Å². The average molecular weight is 356 g/mol. The number of carbonyl (C=O) groups excluding carboxylic acids is 1. The van der Waals surface area contributed by atoms with Crippen molar-refractivity contribution in [2.75, 3.05) is 45.8 Å². The van der Waals surface area contributed by atoms with Crippen molar-refractivity contribution in [1.29, 1.82) is 0 Å². The molecule has 3 aliphatic heterocycles. The van der Waals surface area contributed by atoms with Gasteiger partial charge in [0.05, 0.1) is 0 Å². The van der Waals surface area contributed by atoms with E-state index in [4.69, 9.17) is 0 Å². The fraction of sp³-hybridized carbons (Fsp3) is 0.682. The molecule has 1 aromatic carbocycles. The number of piperidine rings is 2. The summed E-state index contributed by atoms with van der Waals surface area (Å²) in [5.41, 5.74) is 1.87. The molecule has 0 aliphatic carbocycles. The van der Waals surface area contributed by atoms with Crippen LogP contribution in [-0.2, 0) is 0 Å². The summed E-state index contributed by atoms with van der Waals surface area (Å²) in [6, 6.07) is 11.3. The molecule has 0 unspecified atom stereocenters. The molecule has 0 radical (unpaired) electrons. The lowest BCUT2D eigenvalue weighted by molar-refractivity contribution is 0.0215. The third-order valence-electron chi connectivity index (χ3n) is 6.91. The van der Waals surface area contributed by atoms with E-state index in [9.17, 15) is 4.79 Å². The molecule has 0 bridgehead atoms. The number of likely N-dealkylation sites (N-methyl/N-ethyl adjacent to an activating group) is 1. The predicted octanol–water partition coefficient (Wildman–Crippen LogP) is 3.79. The SMILES string of the molecule is CCN1C[C@H](c2ccccc2)CC2(CCN(C(=O)N3CCCC3)CC2)C1. The van der Waals surface area contributed by atoms with E-state index in [-0.39, 0.29) is 0 Å². The molecule has 26 heavy (non-hydrogen) atoms. The zero-order valence-electron chi connectivity index (χ0n) is 16.2. The van der Waals surface area contributed by atoms with E-state index in [0.29, 0.717) is 17.4 Å². The molecule has 3 saturated heterocycles. The molecular weight excluding hydrogens is 322 g/mol. The summed E-state index contributed by atoms with van der Waals surface area (Å²) in [6.07, 6.45) is 5.94. The molecule has 3 aliphatic rings. The molecule has 142 valence electrons. The van der Waals surface area contributed by atoms with E-state index >= 15 is 0 Å². The highest BCUT2D eigenvalue weighted by atomic mass is 16.2. The van der Waals surface area contributed by atoms with Crippen LogP contribution in [0.2, 0.25) is 0 Å². The Kier molecular flexibility index (Phi) is 5.21. The highest BCUT2D eigenvalue weighted by molar-refractivity contribution is 5.74. The number of urea groups is 1. The first-order valence-corrected chi connectivity index (χ1v) is 10.5. The normalized spacial score (nSPS) is 26.4. The van der Waals surface area contributed by atoms with Gasteiger partial charge in [-0.2, -0.15) is 0 Å². The lowest BCUT2D eigenvalue weighted by Crippen LogP contribution is -2.54. The Morgan fingerprint density at radius 2 is 1.69 bits per heavy atom.